The minimum absolute atomic E-state index is 0.112. The SMILES string of the molecule is Cc1noc(C)c1S(=O)(=O)N1CCCN(C(=O)c2cnccn2)CC1. The molecule has 1 fully saturated rings. The zero-order valence-electron chi connectivity index (χ0n) is 14.0. The molecule has 0 saturated carbocycles. The standard InChI is InChI=1S/C15H19N5O4S/c1-11-14(12(2)24-18-11)25(22,23)20-7-3-6-19(8-9-20)15(21)13-10-16-4-5-17-13/h4-5,10H,3,6-9H2,1-2H3. The van der Waals surface area contributed by atoms with E-state index in [1.54, 1.807) is 18.7 Å². The highest BCUT2D eigenvalue weighted by atomic mass is 32.2. The average Bonchev–Trinajstić information content (AvgIpc) is 2.81. The van der Waals surface area contributed by atoms with Crippen LogP contribution in [0.4, 0.5) is 0 Å². The van der Waals surface area contributed by atoms with Crippen LogP contribution in [0.1, 0.15) is 28.4 Å². The van der Waals surface area contributed by atoms with Gasteiger partial charge in [0.05, 0.1) is 6.20 Å². The molecule has 0 aliphatic carbocycles. The molecule has 9 nitrogen and oxygen atoms in total. The predicted molar refractivity (Wildman–Crippen MR) is 87.3 cm³/mol. The van der Waals surface area contributed by atoms with E-state index < -0.39 is 10.0 Å². The van der Waals surface area contributed by atoms with Gasteiger partial charge in [0.25, 0.3) is 5.91 Å². The van der Waals surface area contributed by atoms with Gasteiger partial charge in [-0.05, 0) is 20.3 Å². The molecule has 2 aromatic rings. The molecule has 1 amide bonds. The number of aromatic nitrogens is 3. The topological polar surface area (TPSA) is 110 Å². The lowest BCUT2D eigenvalue weighted by Gasteiger charge is -2.21. The van der Waals surface area contributed by atoms with Crippen molar-refractivity contribution in [1.82, 2.24) is 24.3 Å². The quantitative estimate of drug-likeness (QED) is 0.784. The van der Waals surface area contributed by atoms with E-state index in [9.17, 15) is 13.2 Å². The molecule has 0 aromatic carbocycles. The average molecular weight is 365 g/mol. The van der Waals surface area contributed by atoms with Gasteiger partial charge in [0.1, 0.15) is 16.3 Å². The third-order valence-corrected chi connectivity index (χ3v) is 6.23. The molecule has 0 atom stereocenters. The summed E-state index contributed by atoms with van der Waals surface area (Å²) < 4.78 is 32.1. The van der Waals surface area contributed by atoms with Crippen molar-refractivity contribution >= 4 is 15.9 Å². The Balaban J connectivity index is 1.77. The second-order valence-corrected chi connectivity index (χ2v) is 7.67. The predicted octanol–water partition coefficient (Wildman–Crippen LogP) is 0.618. The number of sulfonamides is 1. The first-order chi connectivity index (χ1) is 11.9. The Morgan fingerprint density at radius 1 is 1.16 bits per heavy atom. The molecule has 3 heterocycles. The Morgan fingerprint density at radius 3 is 2.60 bits per heavy atom. The second-order valence-electron chi connectivity index (χ2n) is 5.79. The highest BCUT2D eigenvalue weighted by Gasteiger charge is 2.33. The Kier molecular flexibility index (Phi) is 4.82. The number of hydrogen-bond acceptors (Lipinski definition) is 7. The molecular weight excluding hydrogens is 346 g/mol. The molecule has 1 saturated heterocycles. The number of rotatable bonds is 3. The molecule has 2 aromatic heterocycles. The molecule has 0 bridgehead atoms. The van der Waals surface area contributed by atoms with Gasteiger partial charge in [-0.3, -0.25) is 9.78 Å². The minimum Gasteiger partial charge on any atom is -0.360 e. The van der Waals surface area contributed by atoms with Crippen molar-refractivity contribution in [2.45, 2.75) is 25.2 Å². The zero-order valence-corrected chi connectivity index (χ0v) is 14.9. The number of carbonyl (C=O) groups is 1. The fraction of sp³-hybridized carbons (Fsp3) is 0.467. The Bertz CT molecular complexity index is 846. The van der Waals surface area contributed by atoms with E-state index in [-0.39, 0.29) is 35.3 Å². The van der Waals surface area contributed by atoms with E-state index in [2.05, 4.69) is 15.1 Å². The summed E-state index contributed by atoms with van der Waals surface area (Å²) in [6.45, 7) is 4.47. The van der Waals surface area contributed by atoms with Gasteiger partial charge in [0.2, 0.25) is 10.0 Å². The first-order valence-corrected chi connectivity index (χ1v) is 9.33. The Morgan fingerprint density at radius 2 is 1.96 bits per heavy atom. The fourth-order valence-corrected chi connectivity index (χ4v) is 4.64. The molecule has 1 aliphatic heterocycles. The summed E-state index contributed by atoms with van der Waals surface area (Å²) in [5, 5.41) is 3.72. The second kappa shape index (κ2) is 6.89. The van der Waals surface area contributed by atoms with Crippen molar-refractivity contribution in [1.29, 1.82) is 0 Å². The van der Waals surface area contributed by atoms with Crippen LogP contribution in [0.15, 0.2) is 28.0 Å². The van der Waals surface area contributed by atoms with Gasteiger partial charge < -0.3 is 9.42 Å². The summed E-state index contributed by atoms with van der Waals surface area (Å²) >= 11 is 0. The first-order valence-electron chi connectivity index (χ1n) is 7.89. The van der Waals surface area contributed by atoms with E-state index in [0.717, 1.165) is 0 Å². The minimum atomic E-state index is -3.71. The van der Waals surface area contributed by atoms with Crippen LogP contribution < -0.4 is 0 Å². The van der Waals surface area contributed by atoms with Crippen LogP contribution in [-0.4, -0.2) is 64.8 Å². The molecule has 0 spiro atoms. The molecule has 0 radical (unpaired) electrons. The van der Waals surface area contributed by atoms with Crippen molar-refractivity contribution in [3.8, 4) is 0 Å². The van der Waals surface area contributed by atoms with Crippen LogP contribution in [0.25, 0.3) is 0 Å². The maximum absolute atomic E-state index is 12.9. The van der Waals surface area contributed by atoms with Gasteiger partial charge in [-0.15, -0.1) is 0 Å². The summed E-state index contributed by atoms with van der Waals surface area (Å²) in [4.78, 5) is 22.1. The van der Waals surface area contributed by atoms with Crippen LogP contribution in [-0.2, 0) is 10.0 Å². The fourth-order valence-electron chi connectivity index (χ4n) is 2.88. The first kappa shape index (κ1) is 17.5. The number of nitrogens with zero attached hydrogens (tertiary/aromatic N) is 5. The van der Waals surface area contributed by atoms with Gasteiger partial charge in [0, 0.05) is 38.6 Å². The molecule has 0 N–H and O–H groups in total. The summed E-state index contributed by atoms with van der Waals surface area (Å²) in [5.74, 6) is 0.0268. The number of carbonyl (C=O) groups excluding carboxylic acids is 1. The maximum Gasteiger partial charge on any atom is 0.274 e. The van der Waals surface area contributed by atoms with Crippen LogP contribution in [0.5, 0.6) is 0 Å². The molecular formula is C15H19N5O4S. The van der Waals surface area contributed by atoms with Crippen molar-refractivity contribution < 1.29 is 17.7 Å². The van der Waals surface area contributed by atoms with E-state index >= 15 is 0 Å². The van der Waals surface area contributed by atoms with Crippen molar-refractivity contribution in [3.63, 3.8) is 0 Å². The van der Waals surface area contributed by atoms with Crippen LogP contribution in [0, 0.1) is 13.8 Å². The molecule has 10 heteroatoms. The summed E-state index contributed by atoms with van der Waals surface area (Å²) in [6, 6.07) is 0. The van der Waals surface area contributed by atoms with E-state index in [1.165, 1.54) is 22.9 Å². The van der Waals surface area contributed by atoms with Gasteiger partial charge in [-0.25, -0.2) is 13.4 Å². The van der Waals surface area contributed by atoms with Crippen LogP contribution in [0.3, 0.4) is 0 Å². The third kappa shape index (κ3) is 3.40. The van der Waals surface area contributed by atoms with Gasteiger partial charge in [-0.1, -0.05) is 5.16 Å². The number of aryl methyl sites for hydroxylation is 2. The zero-order chi connectivity index (χ0) is 18.0. The van der Waals surface area contributed by atoms with E-state index in [1.807, 2.05) is 0 Å². The van der Waals surface area contributed by atoms with Gasteiger partial charge >= 0.3 is 0 Å². The van der Waals surface area contributed by atoms with Crippen LogP contribution in [0.2, 0.25) is 0 Å². The highest BCUT2D eigenvalue weighted by Crippen LogP contribution is 2.24. The molecule has 134 valence electrons. The normalized spacial score (nSPS) is 16.6. The summed E-state index contributed by atoms with van der Waals surface area (Å²) in [7, 11) is -3.71. The highest BCUT2D eigenvalue weighted by molar-refractivity contribution is 7.89. The summed E-state index contributed by atoms with van der Waals surface area (Å²) in [6.07, 6.45) is 4.90. The Hall–Kier alpha value is -2.33. The lowest BCUT2D eigenvalue weighted by atomic mass is 10.3. The Labute approximate surface area is 145 Å². The van der Waals surface area contributed by atoms with Crippen molar-refractivity contribution in [2.24, 2.45) is 0 Å². The van der Waals surface area contributed by atoms with E-state index in [0.29, 0.717) is 25.2 Å². The third-order valence-electron chi connectivity index (χ3n) is 4.09. The van der Waals surface area contributed by atoms with E-state index in [4.69, 9.17) is 4.52 Å². The van der Waals surface area contributed by atoms with Gasteiger partial charge in [-0.2, -0.15) is 4.31 Å². The molecule has 1 aliphatic rings. The number of amides is 1. The molecule has 25 heavy (non-hydrogen) atoms. The van der Waals surface area contributed by atoms with Gasteiger partial charge in [0.15, 0.2) is 5.76 Å². The largest absolute Gasteiger partial charge is 0.360 e. The molecule has 0 unspecified atom stereocenters. The van der Waals surface area contributed by atoms with Crippen molar-refractivity contribution in [2.75, 3.05) is 26.2 Å². The lowest BCUT2D eigenvalue weighted by Crippen LogP contribution is -2.37. The maximum atomic E-state index is 12.9. The monoisotopic (exact) mass is 365 g/mol. The summed E-state index contributed by atoms with van der Waals surface area (Å²) in [5.41, 5.74) is 0.596. The number of hydrogen-bond donors (Lipinski definition) is 0. The molecule has 3 rings (SSSR count). The smallest absolute Gasteiger partial charge is 0.274 e. The van der Waals surface area contributed by atoms with Crippen LogP contribution >= 0.6 is 0 Å². The lowest BCUT2D eigenvalue weighted by molar-refractivity contribution is 0.0758. The van der Waals surface area contributed by atoms with Crippen molar-refractivity contribution in [3.05, 3.63) is 35.7 Å².